The maximum atomic E-state index is 13.8. The van der Waals surface area contributed by atoms with Gasteiger partial charge >= 0.3 is 0 Å². The van der Waals surface area contributed by atoms with E-state index in [1.807, 2.05) is 40.1 Å². The molecule has 7 rings (SSSR count). The second kappa shape index (κ2) is 11.4. The minimum atomic E-state index is -0.377. The Labute approximate surface area is 264 Å². The van der Waals surface area contributed by atoms with Gasteiger partial charge in [-0.15, -0.1) is 0 Å². The van der Waals surface area contributed by atoms with Crippen molar-refractivity contribution in [1.29, 1.82) is 0 Å². The van der Waals surface area contributed by atoms with E-state index < -0.39 is 0 Å². The van der Waals surface area contributed by atoms with E-state index in [1.54, 1.807) is 17.1 Å². The maximum absolute atomic E-state index is 13.8. The molecular weight excluding hydrogens is 568 g/mol. The zero-order chi connectivity index (χ0) is 31.3. The van der Waals surface area contributed by atoms with E-state index in [9.17, 15) is 14.4 Å². The van der Waals surface area contributed by atoms with E-state index in [0.29, 0.717) is 50.1 Å². The van der Waals surface area contributed by atoms with Crippen molar-refractivity contribution in [2.75, 3.05) is 26.2 Å². The number of hydrogen-bond acceptors (Lipinski definition) is 6. The standard InChI is InChI=1S/C35H44N6O4/c1-23(25-12-8-5-9-13-25)37-30(42)29-19-45-31(38-29)28-18-39(20-35(28)21-40(22-35)33(44)27-14-34(27,2)3)32(43)26-15-36-41(17-26)16-24-10-6-4-7-11-24/h4,6-7,10-11,15,17,19,23,25,27-28H,5,8-9,12-14,16,18,20-22H2,1-3H3,(H,37,42)/t23-,27-,28?/m1/s1. The van der Waals surface area contributed by atoms with Crippen LogP contribution in [0, 0.1) is 22.7 Å². The molecule has 2 saturated heterocycles. The molecule has 1 N–H and O–H groups in total. The summed E-state index contributed by atoms with van der Waals surface area (Å²) < 4.78 is 7.77. The van der Waals surface area contributed by atoms with Crippen LogP contribution in [0.3, 0.4) is 0 Å². The molecule has 238 valence electrons. The molecule has 45 heavy (non-hydrogen) atoms. The van der Waals surface area contributed by atoms with Gasteiger partial charge < -0.3 is 19.5 Å². The van der Waals surface area contributed by atoms with Crippen LogP contribution in [0.5, 0.6) is 0 Å². The lowest BCUT2D eigenvalue weighted by Crippen LogP contribution is -2.62. The highest BCUT2D eigenvalue weighted by atomic mass is 16.3. The van der Waals surface area contributed by atoms with Crippen LogP contribution >= 0.6 is 0 Å². The van der Waals surface area contributed by atoms with Gasteiger partial charge in [0.1, 0.15) is 6.26 Å². The largest absolute Gasteiger partial charge is 0.448 e. The summed E-state index contributed by atoms with van der Waals surface area (Å²) in [5.74, 6) is 0.643. The van der Waals surface area contributed by atoms with E-state index in [-0.39, 0.29) is 52.1 Å². The number of oxazole rings is 1. The van der Waals surface area contributed by atoms with Crippen molar-refractivity contribution < 1.29 is 18.8 Å². The average molecular weight is 613 g/mol. The van der Waals surface area contributed by atoms with E-state index in [2.05, 4.69) is 36.2 Å². The second-order valence-corrected chi connectivity index (χ2v) is 14.7. The van der Waals surface area contributed by atoms with Crippen LogP contribution < -0.4 is 5.32 Å². The molecular formula is C35H44N6O4. The lowest BCUT2D eigenvalue weighted by molar-refractivity contribution is -0.146. The molecule has 1 spiro atoms. The van der Waals surface area contributed by atoms with Crippen LogP contribution in [-0.4, -0.2) is 74.5 Å². The molecule has 0 bridgehead atoms. The molecule has 2 aromatic heterocycles. The van der Waals surface area contributed by atoms with Crippen molar-refractivity contribution in [3.8, 4) is 0 Å². The zero-order valence-corrected chi connectivity index (χ0v) is 26.6. The predicted octanol–water partition coefficient (Wildman–Crippen LogP) is 4.73. The number of carbonyl (C=O) groups excluding carboxylic acids is 3. The van der Waals surface area contributed by atoms with Gasteiger partial charge in [0.15, 0.2) is 11.6 Å². The van der Waals surface area contributed by atoms with Gasteiger partial charge in [-0.1, -0.05) is 63.4 Å². The first kappa shape index (κ1) is 29.7. The van der Waals surface area contributed by atoms with E-state index in [0.717, 1.165) is 24.8 Å². The van der Waals surface area contributed by atoms with E-state index in [1.165, 1.54) is 25.5 Å². The molecule has 4 fully saturated rings. The van der Waals surface area contributed by atoms with Crippen molar-refractivity contribution in [2.24, 2.45) is 22.7 Å². The highest BCUT2D eigenvalue weighted by Crippen LogP contribution is 2.55. The zero-order valence-electron chi connectivity index (χ0n) is 26.6. The first-order valence-corrected chi connectivity index (χ1v) is 16.5. The Kier molecular flexibility index (Phi) is 7.56. The average Bonchev–Trinajstić information content (AvgIpc) is 3.50. The van der Waals surface area contributed by atoms with Gasteiger partial charge in [-0.25, -0.2) is 4.98 Å². The molecule has 2 aliphatic heterocycles. The quantitative estimate of drug-likeness (QED) is 0.394. The number of carbonyl (C=O) groups is 3. The van der Waals surface area contributed by atoms with Crippen LogP contribution in [0.4, 0.5) is 0 Å². The number of hydrogen-bond donors (Lipinski definition) is 1. The fourth-order valence-electron chi connectivity index (χ4n) is 7.86. The van der Waals surface area contributed by atoms with Crippen LogP contribution in [0.2, 0.25) is 0 Å². The van der Waals surface area contributed by atoms with Gasteiger partial charge in [-0.05, 0) is 43.1 Å². The van der Waals surface area contributed by atoms with Crippen LogP contribution in [0.25, 0.3) is 0 Å². The van der Waals surface area contributed by atoms with Crippen molar-refractivity contribution in [2.45, 2.75) is 77.8 Å². The highest BCUT2D eigenvalue weighted by molar-refractivity contribution is 5.94. The summed E-state index contributed by atoms with van der Waals surface area (Å²) in [6.45, 7) is 8.90. The molecule has 0 radical (unpaired) electrons. The number of rotatable bonds is 8. The third-order valence-electron chi connectivity index (χ3n) is 10.9. The van der Waals surface area contributed by atoms with Gasteiger partial charge in [0, 0.05) is 49.8 Å². The summed E-state index contributed by atoms with van der Waals surface area (Å²) in [6.07, 6.45) is 11.7. The number of aromatic nitrogens is 3. The minimum absolute atomic E-state index is 0.0520. The fraction of sp³-hybridized carbons (Fsp3) is 0.571. The molecule has 4 aliphatic rings. The van der Waals surface area contributed by atoms with Crippen LogP contribution in [0.15, 0.2) is 53.4 Å². The Bertz CT molecular complexity index is 1570. The van der Waals surface area contributed by atoms with E-state index >= 15 is 0 Å². The Morgan fingerprint density at radius 2 is 1.76 bits per heavy atom. The maximum Gasteiger partial charge on any atom is 0.273 e. The molecule has 3 aromatic rings. The summed E-state index contributed by atoms with van der Waals surface area (Å²) in [7, 11) is 0. The summed E-state index contributed by atoms with van der Waals surface area (Å²) in [4.78, 5) is 48.7. The molecule has 10 nitrogen and oxygen atoms in total. The van der Waals surface area contributed by atoms with Crippen molar-refractivity contribution in [3.05, 3.63) is 71.7 Å². The van der Waals surface area contributed by atoms with Crippen molar-refractivity contribution in [3.63, 3.8) is 0 Å². The Hall–Kier alpha value is -3.95. The molecule has 3 amide bonds. The van der Waals surface area contributed by atoms with E-state index in [4.69, 9.17) is 4.42 Å². The van der Waals surface area contributed by atoms with Gasteiger partial charge in [-0.3, -0.25) is 19.1 Å². The lowest BCUT2D eigenvalue weighted by atomic mass is 9.71. The number of benzene rings is 1. The summed E-state index contributed by atoms with van der Waals surface area (Å²) in [5.41, 5.74) is 1.57. The predicted molar refractivity (Wildman–Crippen MR) is 167 cm³/mol. The summed E-state index contributed by atoms with van der Waals surface area (Å²) >= 11 is 0. The van der Waals surface area contributed by atoms with Gasteiger partial charge in [0.05, 0.1) is 24.2 Å². The Balaban J connectivity index is 1.07. The first-order chi connectivity index (χ1) is 21.6. The number of nitrogens with one attached hydrogen (secondary N) is 1. The van der Waals surface area contributed by atoms with Crippen LogP contribution in [-0.2, 0) is 11.3 Å². The Morgan fingerprint density at radius 3 is 2.47 bits per heavy atom. The van der Waals surface area contributed by atoms with Gasteiger partial charge in [-0.2, -0.15) is 5.10 Å². The number of nitrogens with zero attached hydrogens (tertiary/aromatic N) is 5. The Morgan fingerprint density at radius 1 is 1.04 bits per heavy atom. The molecule has 4 heterocycles. The second-order valence-electron chi connectivity index (χ2n) is 14.7. The summed E-state index contributed by atoms with van der Waals surface area (Å²) in [6, 6.07) is 10.1. The number of amides is 3. The molecule has 2 aliphatic carbocycles. The van der Waals surface area contributed by atoms with Crippen molar-refractivity contribution in [1.82, 2.24) is 29.9 Å². The molecule has 1 unspecified atom stereocenters. The SMILES string of the molecule is C[C@@H](NC(=O)c1coc(C2CN(C(=O)c3cnn(Cc4ccccc4)c3)CC23CN(C(=O)[C@H]2CC2(C)C)C3)n1)C1CCCCC1. The molecule has 1 aromatic carbocycles. The fourth-order valence-corrected chi connectivity index (χ4v) is 7.86. The topological polar surface area (TPSA) is 114 Å². The third-order valence-corrected chi connectivity index (χ3v) is 10.9. The molecule has 10 heteroatoms. The van der Waals surface area contributed by atoms with Crippen LogP contribution in [0.1, 0.15) is 97.5 Å². The van der Waals surface area contributed by atoms with Gasteiger partial charge in [0.25, 0.3) is 11.8 Å². The highest BCUT2D eigenvalue weighted by Gasteiger charge is 2.61. The normalized spacial score (nSPS) is 24.3. The van der Waals surface area contributed by atoms with Crippen molar-refractivity contribution >= 4 is 17.7 Å². The molecule has 3 atom stereocenters. The number of likely N-dealkylation sites (tertiary alicyclic amines) is 2. The monoisotopic (exact) mass is 612 g/mol. The first-order valence-electron chi connectivity index (χ1n) is 16.5. The minimum Gasteiger partial charge on any atom is -0.448 e. The smallest absolute Gasteiger partial charge is 0.273 e. The summed E-state index contributed by atoms with van der Waals surface area (Å²) in [5, 5.41) is 7.60. The molecule has 2 saturated carbocycles. The lowest BCUT2D eigenvalue weighted by Gasteiger charge is -2.50. The van der Waals surface area contributed by atoms with Gasteiger partial charge in [0.2, 0.25) is 5.91 Å². The third kappa shape index (κ3) is 5.79.